The number of carbonyl (C=O) groups is 3. The molecular formula is C24H29N3O5. The summed E-state index contributed by atoms with van der Waals surface area (Å²) in [6.45, 7) is 5.82. The second-order valence-corrected chi connectivity index (χ2v) is 8.15. The number of aliphatic hydroxyl groups excluding tert-OH is 1. The summed E-state index contributed by atoms with van der Waals surface area (Å²) in [6.07, 6.45) is -0.509. The number of aryl methyl sites for hydroxylation is 2. The van der Waals surface area contributed by atoms with Crippen LogP contribution in [0.3, 0.4) is 0 Å². The standard InChI is InChI=1S/C24H29N3O5/c1-15-4-9-21(16(2)10-15)26-22(29)14-32-20-7-5-19(6-8-20)27-13-18(11-23(27)30)24(31)25-12-17(3)28/h4-10,17-18,28H,11-14H2,1-3H3,(H,25,31)(H,26,29)/t17-,18-/m1/s1. The highest BCUT2D eigenvalue weighted by molar-refractivity contribution is 6.00. The average molecular weight is 440 g/mol. The second-order valence-electron chi connectivity index (χ2n) is 8.15. The number of amides is 3. The van der Waals surface area contributed by atoms with Crippen LogP contribution in [0.4, 0.5) is 11.4 Å². The molecule has 2 aromatic rings. The van der Waals surface area contributed by atoms with Crippen molar-refractivity contribution < 1.29 is 24.2 Å². The minimum Gasteiger partial charge on any atom is -0.484 e. The number of nitrogens with one attached hydrogen (secondary N) is 2. The molecule has 3 rings (SSSR count). The fourth-order valence-corrected chi connectivity index (χ4v) is 3.54. The van der Waals surface area contributed by atoms with Crippen molar-refractivity contribution in [2.45, 2.75) is 33.3 Å². The first kappa shape index (κ1) is 23.3. The van der Waals surface area contributed by atoms with Gasteiger partial charge in [0.15, 0.2) is 6.61 Å². The molecule has 32 heavy (non-hydrogen) atoms. The molecule has 0 radical (unpaired) electrons. The van der Waals surface area contributed by atoms with Crippen LogP contribution in [0.25, 0.3) is 0 Å². The van der Waals surface area contributed by atoms with E-state index in [1.165, 1.54) is 0 Å². The summed E-state index contributed by atoms with van der Waals surface area (Å²) in [6, 6.07) is 12.6. The topological polar surface area (TPSA) is 108 Å². The highest BCUT2D eigenvalue weighted by atomic mass is 16.5. The Kier molecular flexibility index (Phi) is 7.48. The third kappa shape index (κ3) is 6.07. The largest absolute Gasteiger partial charge is 0.484 e. The monoisotopic (exact) mass is 439 g/mol. The van der Waals surface area contributed by atoms with Crippen LogP contribution in [0.15, 0.2) is 42.5 Å². The molecule has 2 aromatic carbocycles. The summed E-state index contributed by atoms with van der Waals surface area (Å²) in [5.41, 5.74) is 3.52. The van der Waals surface area contributed by atoms with E-state index in [0.29, 0.717) is 11.4 Å². The maximum atomic E-state index is 12.4. The van der Waals surface area contributed by atoms with Crippen LogP contribution in [0.2, 0.25) is 0 Å². The van der Waals surface area contributed by atoms with Crippen molar-refractivity contribution in [3.05, 3.63) is 53.6 Å². The SMILES string of the molecule is Cc1ccc(NC(=O)COc2ccc(N3C[C@H](C(=O)NC[C@@H](C)O)CC3=O)cc2)c(C)c1. The highest BCUT2D eigenvalue weighted by Crippen LogP contribution is 2.27. The first-order valence-corrected chi connectivity index (χ1v) is 10.6. The molecule has 0 aliphatic carbocycles. The first-order chi connectivity index (χ1) is 15.2. The van der Waals surface area contributed by atoms with E-state index in [-0.39, 0.29) is 43.8 Å². The lowest BCUT2D eigenvalue weighted by Gasteiger charge is -2.17. The molecular weight excluding hydrogens is 410 g/mol. The molecule has 0 unspecified atom stereocenters. The summed E-state index contributed by atoms with van der Waals surface area (Å²) in [4.78, 5) is 38.3. The molecule has 0 spiro atoms. The van der Waals surface area contributed by atoms with Gasteiger partial charge in [-0.1, -0.05) is 17.7 Å². The van der Waals surface area contributed by atoms with Crippen molar-refractivity contribution in [1.82, 2.24) is 5.32 Å². The Labute approximate surface area is 187 Å². The van der Waals surface area contributed by atoms with Crippen molar-refractivity contribution in [3.8, 4) is 5.75 Å². The Balaban J connectivity index is 1.52. The van der Waals surface area contributed by atoms with E-state index in [1.54, 1.807) is 36.1 Å². The fourth-order valence-electron chi connectivity index (χ4n) is 3.54. The van der Waals surface area contributed by atoms with Gasteiger partial charge >= 0.3 is 0 Å². The average Bonchev–Trinajstić information content (AvgIpc) is 3.14. The lowest BCUT2D eigenvalue weighted by atomic mass is 10.1. The zero-order chi connectivity index (χ0) is 23.3. The van der Waals surface area contributed by atoms with Gasteiger partial charge in [0, 0.05) is 30.9 Å². The van der Waals surface area contributed by atoms with E-state index >= 15 is 0 Å². The molecule has 0 aromatic heterocycles. The molecule has 8 nitrogen and oxygen atoms in total. The normalized spacial score (nSPS) is 16.6. The van der Waals surface area contributed by atoms with Gasteiger partial charge in [-0.3, -0.25) is 14.4 Å². The van der Waals surface area contributed by atoms with Crippen LogP contribution in [0.1, 0.15) is 24.5 Å². The molecule has 1 aliphatic rings. The lowest BCUT2D eigenvalue weighted by Crippen LogP contribution is -2.36. The maximum absolute atomic E-state index is 12.4. The highest BCUT2D eigenvalue weighted by Gasteiger charge is 2.35. The van der Waals surface area contributed by atoms with E-state index in [2.05, 4.69) is 10.6 Å². The second kappa shape index (κ2) is 10.3. The maximum Gasteiger partial charge on any atom is 0.262 e. The Bertz CT molecular complexity index is 988. The molecule has 170 valence electrons. The van der Waals surface area contributed by atoms with Gasteiger partial charge in [-0.25, -0.2) is 0 Å². The number of carbonyl (C=O) groups excluding carboxylic acids is 3. The van der Waals surface area contributed by atoms with E-state index in [0.717, 1.165) is 16.8 Å². The van der Waals surface area contributed by atoms with Crippen LogP contribution in [-0.2, 0) is 14.4 Å². The van der Waals surface area contributed by atoms with Crippen LogP contribution in [0, 0.1) is 19.8 Å². The first-order valence-electron chi connectivity index (χ1n) is 10.6. The van der Waals surface area contributed by atoms with Crippen molar-refractivity contribution in [2.24, 2.45) is 5.92 Å². The third-order valence-electron chi connectivity index (χ3n) is 5.24. The molecule has 1 aliphatic heterocycles. The molecule has 2 atom stereocenters. The Hall–Kier alpha value is -3.39. The number of hydrogen-bond donors (Lipinski definition) is 3. The number of ether oxygens (including phenoxy) is 1. The molecule has 1 heterocycles. The van der Waals surface area contributed by atoms with Gasteiger partial charge in [-0.05, 0) is 56.7 Å². The summed E-state index contributed by atoms with van der Waals surface area (Å²) in [5, 5.41) is 14.8. The summed E-state index contributed by atoms with van der Waals surface area (Å²) in [7, 11) is 0. The predicted molar refractivity (Wildman–Crippen MR) is 122 cm³/mol. The number of aliphatic hydroxyl groups is 1. The lowest BCUT2D eigenvalue weighted by molar-refractivity contribution is -0.126. The van der Waals surface area contributed by atoms with Gasteiger partial charge in [-0.2, -0.15) is 0 Å². The smallest absolute Gasteiger partial charge is 0.262 e. The molecule has 1 fully saturated rings. The summed E-state index contributed by atoms with van der Waals surface area (Å²) < 4.78 is 5.56. The minimum atomic E-state index is -0.636. The van der Waals surface area contributed by atoms with Gasteiger partial charge in [-0.15, -0.1) is 0 Å². The summed E-state index contributed by atoms with van der Waals surface area (Å²) in [5.74, 6) is -0.587. The van der Waals surface area contributed by atoms with Crippen molar-refractivity contribution in [2.75, 3.05) is 29.9 Å². The van der Waals surface area contributed by atoms with E-state index < -0.39 is 12.0 Å². The zero-order valence-electron chi connectivity index (χ0n) is 18.6. The van der Waals surface area contributed by atoms with Crippen LogP contribution in [-0.4, -0.2) is 48.6 Å². The van der Waals surface area contributed by atoms with E-state index in [1.807, 2.05) is 32.0 Å². The molecule has 0 saturated carbocycles. The fraction of sp³-hybridized carbons (Fsp3) is 0.375. The van der Waals surface area contributed by atoms with E-state index in [4.69, 9.17) is 4.74 Å². The van der Waals surface area contributed by atoms with Crippen molar-refractivity contribution in [1.29, 1.82) is 0 Å². The van der Waals surface area contributed by atoms with Gasteiger partial charge in [0.2, 0.25) is 11.8 Å². The summed E-state index contributed by atoms with van der Waals surface area (Å²) >= 11 is 0. The van der Waals surface area contributed by atoms with Gasteiger partial charge in [0.25, 0.3) is 5.91 Å². The van der Waals surface area contributed by atoms with Gasteiger partial charge in [0.05, 0.1) is 12.0 Å². The Morgan fingerprint density at radius 1 is 1.19 bits per heavy atom. The quantitative estimate of drug-likeness (QED) is 0.584. The van der Waals surface area contributed by atoms with Crippen LogP contribution in [0.5, 0.6) is 5.75 Å². The van der Waals surface area contributed by atoms with Crippen LogP contribution < -0.4 is 20.3 Å². The van der Waals surface area contributed by atoms with Crippen molar-refractivity contribution in [3.63, 3.8) is 0 Å². The molecule has 3 amide bonds. The van der Waals surface area contributed by atoms with Gasteiger partial charge < -0.3 is 25.4 Å². The molecule has 3 N–H and O–H groups in total. The molecule has 1 saturated heterocycles. The minimum absolute atomic E-state index is 0.127. The number of anilines is 2. The molecule has 0 bridgehead atoms. The Morgan fingerprint density at radius 2 is 1.91 bits per heavy atom. The van der Waals surface area contributed by atoms with Crippen molar-refractivity contribution >= 4 is 29.1 Å². The number of benzene rings is 2. The number of nitrogens with zero attached hydrogens (tertiary/aromatic N) is 1. The predicted octanol–water partition coefficient (Wildman–Crippen LogP) is 2.17. The third-order valence-corrected chi connectivity index (χ3v) is 5.24. The van der Waals surface area contributed by atoms with Gasteiger partial charge in [0.1, 0.15) is 5.75 Å². The Morgan fingerprint density at radius 3 is 2.56 bits per heavy atom. The molecule has 8 heteroatoms. The van der Waals surface area contributed by atoms with E-state index in [9.17, 15) is 19.5 Å². The van der Waals surface area contributed by atoms with Crippen LogP contribution >= 0.6 is 0 Å². The number of hydrogen-bond acceptors (Lipinski definition) is 5. The zero-order valence-corrected chi connectivity index (χ0v) is 18.6. The number of rotatable bonds is 8.